The number of carbonyl (C=O) groups excluding carboxylic acids is 1. The van der Waals surface area contributed by atoms with Crippen molar-refractivity contribution in [2.75, 3.05) is 18.0 Å². The Morgan fingerprint density at radius 1 is 1.47 bits per heavy atom. The van der Waals surface area contributed by atoms with Crippen LogP contribution in [0.25, 0.3) is 0 Å². The van der Waals surface area contributed by atoms with Gasteiger partial charge in [0.05, 0.1) is 18.0 Å². The van der Waals surface area contributed by atoms with Crippen molar-refractivity contribution in [1.82, 2.24) is 4.98 Å². The fraction of sp³-hybridized carbons (Fsp3) is 0.600. The Kier molecular flexibility index (Phi) is 4.53. The van der Waals surface area contributed by atoms with Gasteiger partial charge >= 0.3 is 0 Å². The van der Waals surface area contributed by atoms with Gasteiger partial charge in [0.2, 0.25) is 0 Å². The molecule has 0 saturated carbocycles. The van der Waals surface area contributed by atoms with Crippen molar-refractivity contribution in [2.24, 2.45) is 5.92 Å². The lowest BCUT2D eigenvalue weighted by Crippen LogP contribution is -2.37. The summed E-state index contributed by atoms with van der Waals surface area (Å²) in [6.45, 7) is 5.60. The van der Waals surface area contributed by atoms with E-state index in [1.54, 1.807) is 6.20 Å². The van der Waals surface area contributed by atoms with Crippen LogP contribution in [-0.4, -0.2) is 35.1 Å². The molecular weight excluding hydrogens is 240 g/mol. The van der Waals surface area contributed by atoms with E-state index in [2.05, 4.69) is 9.88 Å². The zero-order valence-corrected chi connectivity index (χ0v) is 11.7. The molecule has 0 bridgehead atoms. The molecule has 4 heteroatoms. The molecule has 1 aliphatic rings. The minimum Gasteiger partial charge on any atom is -0.393 e. The first kappa shape index (κ1) is 14.0. The number of hydrogen-bond donors (Lipinski definition) is 1. The van der Waals surface area contributed by atoms with Gasteiger partial charge < -0.3 is 10.0 Å². The van der Waals surface area contributed by atoms with Crippen molar-refractivity contribution >= 4 is 11.5 Å². The average molecular weight is 262 g/mol. The molecular formula is C15H22N2O2. The first-order valence-corrected chi connectivity index (χ1v) is 7.04. The molecule has 0 aliphatic carbocycles. The van der Waals surface area contributed by atoms with Crippen molar-refractivity contribution in [3.63, 3.8) is 0 Å². The normalized spacial score (nSPS) is 18.4. The van der Waals surface area contributed by atoms with Gasteiger partial charge in [0.25, 0.3) is 0 Å². The summed E-state index contributed by atoms with van der Waals surface area (Å²) in [5, 5.41) is 9.59. The highest BCUT2D eigenvalue weighted by atomic mass is 16.3. The predicted molar refractivity (Wildman–Crippen MR) is 75.5 cm³/mol. The number of ketones is 1. The molecule has 1 unspecified atom stereocenters. The lowest BCUT2D eigenvalue weighted by atomic mass is 9.92. The highest BCUT2D eigenvalue weighted by Crippen LogP contribution is 2.24. The summed E-state index contributed by atoms with van der Waals surface area (Å²) in [5.74, 6) is 0.490. The summed E-state index contributed by atoms with van der Waals surface area (Å²) in [6.07, 6.45) is 4.07. The lowest BCUT2D eigenvalue weighted by molar-refractivity contribution is 0.0983. The van der Waals surface area contributed by atoms with E-state index in [4.69, 9.17) is 0 Å². The van der Waals surface area contributed by atoms with Crippen molar-refractivity contribution in [3.05, 3.63) is 24.0 Å². The Balaban J connectivity index is 1.98. The zero-order chi connectivity index (χ0) is 13.8. The summed E-state index contributed by atoms with van der Waals surface area (Å²) < 4.78 is 0. The number of rotatable bonds is 4. The number of pyridine rings is 1. The van der Waals surface area contributed by atoms with Crippen LogP contribution in [-0.2, 0) is 0 Å². The van der Waals surface area contributed by atoms with E-state index in [9.17, 15) is 9.90 Å². The summed E-state index contributed by atoms with van der Waals surface area (Å²) in [7, 11) is 0. The molecule has 4 nitrogen and oxygen atoms in total. The summed E-state index contributed by atoms with van der Waals surface area (Å²) in [4.78, 5) is 18.0. The third kappa shape index (κ3) is 3.32. The fourth-order valence-corrected chi connectivity index (χ4v) is 2.56. The van der Waals surface area contributed by atoms with E-state index in [0.29, 0.717) is 18.0 Å². The maximum absolute atomic E-state index is 11.5. The minimum atomic E-state index is -0.218. The lowest BCUT2D eigenvalue weighted by Gasteiger charge is -2.34. The molecule has 104 valence electrons. The van der Waals surface area contributed by atoms with Gasteiger partial charge in [0, 0.05) is 19.5 Å². The quantitative estimate of drug-likeness (QED) is 0.846. The van der Waals surface area contributed by atoms with Gasteiger partial charge in [0.1, 0.15) is 5.69 Å². The van der Waals surface area contributed by atoms with E-state index in [-0.39, 0.29) is 11.9 Å². The molecule has 0 amide bonds. The second kappa shape index (κ2) is 6.15. The van der Waals surface area contributed by atoms with Crippen LogP contribution in [0.1, 0.15) is 43.6 Å². The number of aromatic nitrogens is 1. The fourth-order valence-electron chi connectivity index (χ4n) is 2.56. The van der Waals surface area contributed by atoms with Gasteiger partial charge in [-0.2, -0.15) is 0 Å². The van der Waals surface area contributed by atoms with Gasteiger partial charge in [0.15, 0.2) is 5.78 Å². The van der Waals surface area contributed by atoms with Crippen LogP contribution in [0, 0.1) is 5.92 Å². The molecule has 1 aliphatic heterocycles. The average Bonchev–Trinajstić information content (AvgIpc) is 2.46. The van der Waals surface area contributed by atoms with Crippen LogP contribution in [0.5, 0.6) is 0 Å². The van der Waals surface area contributed by atoms with E-state index < -0.39 is 0 Å². The topological polar surface area (TPSA) is 53.4 Å². The number of hydrogen-bond acceptors (Lipinski definition) is 4. The number of nitrogens with zero attached hydrogens (tertiary/aromatic N) is 2. The standard InChI is InChI=1S/C15H22N2O2/c1-3-15(19)14-5-4-13(10-16-14)17-8-6-12(7-9-17)11(2)18/h4-5,10-12,18H,3,6-9H2,1-2H3. The second-order valence-electron chi connectivity index (χ2n) is 5.24. The monoisotopic (exact) mass is 262 g/mol. The van der Waals surface area contributed by atoms with Crippen molar-refractivity contribution in [2.45, 2.75) is 39.2 Å². The zero-order valence-electron chi connectivity index (χ0n) is 11.7. The molecule has 19 heavy (non-hydrogen) atoms. The third-order valence-corrected chi connectivity index (χ3v) is 3.94. The molecule has 2 heterocycles. The second-order valence-corrected chi connectivity index (χ2v) is 5.24. The van der Waals surface area contributed by atoms with Crippen LogP contribution in [0.2, 0.25) is 0 Å². The molecule has 2 rings (SSSR count). The first-order valence-electron chi connectivity index (χ1n) is 7.04. The number of aliphatic hydroxyl groups excluding tert-OH is 1. The molecule has 1 atom stereocenters. The summed E-state index contributed by atoms with van der Waals surface area (Å²) >= 11 is 0. The molecule has 1 aromatic heterocycles. The van der Waals surface area contributed by atoms with Crippen LogP contribution in [0.3, 0.4) is 0 Å². The smallest absolute Gasteiger partial charge is 0.180 e. The number of aliphatic hydroxyl groups is 1. The molecule has 1 N–H and O–H groups in total. The predicted octanol–water partition coefficient (Wildman–Crippen LogP) is 2.27. The Hall–Kier alpha value is -1.42. The highest BCUT2D eigenvalue weighted by molar-refractivity contribution is 5.94. The largest absolute Gasteiger partial charge is 0.393 e. The van der Waals surface area contributed by atoms with Crippen LogP contribution in [0.4, 0.5) is 5.69 Å². The molecule has 0 radical (unpaired) electrons. The maximum atomic E-state index is 11.5. The van der Waals surface area contributed by atoms with Crippen molar-refractivity contribution in [1.29, 1.82) is 0 Å². The first-order chi connectivity index (χ1) is 9.11. The van der Waals surface area contributed by atoms with Gasteiger partial charge in [-0.25, -0.2) is 0 Å². The molecule has 0 aromatic carbocycles. The van der Waals surface area contributed by atoms with E-state index in [1.165, 1.54) is 0 Å². The van der Waals surface area contributed by atoms with Crippen molar-refractivity contribution in [3.8, 4) is 0 Å². The van der Waals surface area contributed by atoms with Gasteiger partial charge in [-0.15, -0.1) is 0 Å². The highest BCUT2D eigenvalue weighted by Gasteiger charge is 2.22. The number of anilines is 1. The number of piperidine rings is 1. The Bertz CT molecular complexity index is 420. The van der Waals surface area contributed by atoms with Crippen LogP contribution < -0.4 is 4.90 Å². The summed E-state index contributed by atoms with van der Waals surface area (Å²) in [5.41, 5.74) is 1.61. The Labute approximate surface area is 114 Å². The van der Waals surface area contributed by atoms with Crippen LogP contribution >= 0.6 is 0 Å². The molecule has 1 fully saturated rings. The van der Waals surface area contributed by atoms with Crippen molar-refractivity contribution < 1.29 is 9.90 Å². The SMILES string of the molecule is CCC(=O)c1ccc(N2CCC(C(C)O)CC2)cn1. The molecule has 1 saturated heterocycles. The minimum absolute atomic E-state index is 0.0827. The van der Waals surface area contributed by atoms with E-state index >= 15 is 0 Å². The Morgan fingerprint density at radius 3 is 2.63 bits per heavy atom. The maximum Gasteiger partial charge on any atom is 0.180 e. The molecule has 1 aromatic rings. The van der Waals surface area contributed by atoms with E-state index in [1.807, 2.05) is 26.0 Å². The Morgan fingerprint density at radius 2 is 2.16 bits per heavy atom. The summed E-state index contributed by atoms with van der Waals surface area (Å²) in [6, 6.07) is 3.78. The number of carbonyl (C=O) groups is 1. The molecule has 0 spiro atoms. The van der Waals surface area contributed by atoms with Gasteiger partial charge in [-0.1, -0.05) is 6.92 Å². The van der Waals surface area contributed by atoms with E-state index in [0.717, 1.165) is 31.6 Å². The van der Waals surface area contributed by atoms with Gasteiger partial charge in [-0.05, 0) is 37.8 Å². The van der Waals surface area contributed by atoms with Crippen LogP contribution in [0.15, 0.2) is 18.3 Å². The van der Waals surface area contributed by atoms with Gasteiger partial charge in [-0.3, -0.25) is 9.78 Å². The number of Topliss-reactive ketones (excluding diaryl/α,β-unsaturated/α-hetero) is 1. The third-order valence-electron chi connectivity index (χ3n) is 3.94.